The van der Waals surface area contributed by atoms with E-state index >= 15 is 0 Å². The Hall–Kier alpha value is -0.650. The van der Waals surface area contributed by atoms with Crippen molar-refractivity contribution in [3.63, 3.8) is 0 Å². The Morgan fingerprint density at radius 2 is 2.06 bits per heavy atom. The van der Waals surface area contributed by atoms with E-state index in [1.807, 2.05) is 0 Å². The molecular weight excluding hydrogens is 246 g/mol. The fourth-order valence-corrected chi connectivity index (χ4v) is 4.15. The third-order valence-corrected chi connectivity index (χ3v) is 4.84. The summed E-state index contributed by atoms with van der Waals surface area (Å²) in [7, 11) is 0. The van der Waals surface area contributed by atoms with Gasteiger partial charge in [-0.2, -0.15) is 0 Å². The second kappa shape index (κ2) is 4.79. The third kappa shape index (κ3) is 2.39. The van der Waals surface area contributed by atoms with Crippen LogP contribution in [-0.4, -0.2) is 41.2 Å². The molecule has 1 aromatic rings. The summed E-state index contributed by atoms with van der Waals surface area (Å²) in [6.45, 7) is 6.44. The van der Waals surface area contributed by atoms with E-state index < -0.39 is 0 Å². The first-order valence-corrected chi connectivity index (χ1v) is 7.57. The highest BCUT2D eigenvalue weighted by Gasteiger charge is 2.31. The van der Waals surface area contributed by atoms with E-state index in [9.17, 15) is 0 Å². The van der Waals surface area contributed by atoms with Gasteiger partial charge >= 0.3 is 0 Å². The van der Waals surface area contributed by atoms with Gasteiger partial charge in [0.25, 0.3) is 0 Å². The first-order valence-electron chi connectivity index (χ1n) is 6.75. The predicted molar refractivity (Wildman–Crippen MR) is 73.9 cm³/mol. The van der Waals surface area contributed by atoms with Crippen molar-refractivity contribution in [2.75, 3.05) is 18.8 Å². The van der Waals surface area contributed by atoms with Gasteiger partial charge in [0.2, 0.25) is 0 Å². The fourth-order valence-electron chi connectivity index (χ4n) is 3.21. The van der Waals surface area contributed by atoms with Crippen molar-refractivity contribution in [1.82, 2.24) is 9.88 Å². The largest absolute Gasteiger partial charge is 0.375 e. The number of nitrogen functional groups attached to an aromatic ring is 1. The molecule has 3 rings (SSSR count). The molecule has 0 radical (unpaired) electrons. The minimum Gasteiger partial charge on any atom is -0.375 e. The van der Waals surface area contributed by atoms with Gasteiger partial charge in [-0.15, -0.1) is 11.3 Å². The molecule has 1 saturated heterocycles. The van der Waals surface area contributed by atoms with Crippen LogP contribution in [0, 0.1) is 0 Å². The first-order chi connectivity index (χ1) is 8.61. The van der Waals surface area contributed by atoms with Gasteiger partial charge in [-0.25, -0.2) is 4.98 Å². The lowest BCUT2D eigenvalue weighted by atomic mass is 9.95. The molecule has 2 N–H and O–H groups in total. The zero-order chi connectivity index (χ0) is 12.7. The number of rotatable bonds is 1. The number of morpholine rings is 1. The van der Waals surface area contributed by atoms with Gasteiger partial charge in [0.15, 0.2) is 5.13 Å². The van der Waals surface area contributed by atoms with Crippen LogP contribution in [-0.2, 0) is 17.6 Å². The molecule has 0 aromatic carbocycles. The molecular formula is C13H21N3OS. The topological polar surface area (TPSA) is 51.4 Å². The lowest BCUT2D eigenvalue weighted by molar-refractivity contribution is -0.0815. The van der Waals surface area contributed by atoms with Crippen LogP contribution in [0.1, 0.15) is 30.8 Å². The smallest absolute Gasteiger partial charge is 0.180 e. The third-order valence-electron chi connectivity index (χ3n) is 3.89. The van der Waals surface area contributed by atoms with E-state index in [0.29, 0.717) is 18.2 Å². The van der Waals surface area contributed by atoms with Crippen LogP contribution in [0.4, 0.5) is 5.13 Å². The van der Waals surface area contributed by atoms with Gasteiger partial charge in [-0.3, -0.25) is 4.90 Å². The molecule has 1 aliphatic heterocycles. The van der Waals surface area contributed by atoms with Gasteiger partial charge in [0.05, 0.1) is 17.9 Å². The zero-order valence-corrected chi connectivity index (χ0v) is 11.9. The Bertz CT molecular complexity index is 424. The average Bonchev–Trinajstić information content (AvgIpc) is 2.66. The van der Waals surface area contributed by atoms with E-state index in [4.69, 9.17) is 10.5 Å². The summed E-state index contributed by atoms with van der Waals surface area (Å²) in [5.74, 6) is 0. The van der Waals surface area contributed by atoms with E-state index in [-0.39, 0.29) is 0 Å². The van der Waals surface area contributed by atoms with E-state index in [2.05, 4.69) is 23.7 Å². The molecule has 0 amide bonds. The molecule has 0 spiro atoms. The van der Waals surface area contributed by atoms with Crippen LogP contribution in [0.2, 0.25) is 0 Å². The van der Waals surface area contributed by atoms with Crippen LogP contribution in [0.15, 0.2) is 0 Å². The molecule has 3 atom stereocenters. The number of aryl methyl sites for hydroxylation is 1. The number of hydrogen-bond acceptors (Lipinski definition) is 5. The first kappa shape index (κ1) is 12.4. The Kier molecular flexibility index (Phi) is 3.30. The molecule has 1 fully saturated rings. The SMILES string of the molecule is CC1CN(C2CCc3nc(N)sc3C2)C[C@@H](C)O1. The second-order valence-electron chi connectivity index (χ2n) is 5.53. The summed E-state index contributed by atoms with van der Waals surface area (Å²) < 4.78 is 5.81. The van der Waals surface area contributed by atoms with Crippen LogP contribution < -0.4 is 5.73 Å². The maximum atomic E-state index is 5.81. The van der Waals surface area contributed by atoms with Gasteiger partial charge in [-0.05, 0) is 33.1 Å². The predicted octanol–water partition coefficient (Wildman–Crippen LogP) is 1.69. The number of aromatic nitrogens is 1. The molecule has 1 aliphatic carbocycles. The van der Waals surface area contributed by atoms with Crippen LogP contribution in [0.25, 0.3) is 0 Å². The Morgan fingerprint density at radius 1 is 1.33 bits per heavy atom. The minimum absolute atomic E-state index is 0.349. The van der Waals surface area contributed by atoms with Gasteiger partial charge in [-0.1, -0.05) is 0 Å². The normalized spacial score (nSPS) is 33.3. The van der Waals surface area contributed by atoms with E-state index in [1.165, 1.54) is 17.0 Å². The standard InChI is InChI=1S/C13H21N3OS/c1-8-6-16(7-9(2)17-8)10-3-4-11-12(5-10)18-13(14)15-11/h8-10H,3-7H2,1-2H3,(H2,14,15)/t8-,9?,10?/m1/s1. The Balaban J connectivity index is 1.71. The highest BCUT2D eigenvalue weighted by atomic mass is 32.1. The highest BCUT2D eigenvalue weighted by molar-refractivity contribution is 7.15. The number of thiazole rings is 1. The molecule has 4 nitrogen and oxygen atoms in total. The zero-order valence-electron chi connectivity index (χ0n) is 11.1. The van der Waals surface area contributed by atoms with Crippen molar-refractivity contribution < 1.29 is 4.74 Å². The quantitative estimate of drug-likeness (QED) is 0.841. The van der Waals surface area contributed by atoms with Crippen molar-refractivity contribution in [3.8, 4) is 0 Å². The van der Waals surface area contributed by atoms with Crippen LogP contribution in [0.3, 0.4) is 0 Å². The second-order valence-corrected chi connectivity index (χ2v) is 6.65. The number of nitrogens with zero attached hydrogens (tertiary/aromatic N) is 2. The maximum Gasteiger partial charge on any atom is 0.180 e. The summed E-state index contributed by atoms with van der Waals surface area (Å²) in [4.78, 5) is 8.41. The lowest BCUT2D eigenvalue weighted by Crippen LogP contribution is -2.51. The van der Waals surface area contributed by atoms with Gasteiger partial charge in [0, 0.05) is 24.0 Å². The highest BCUT2D eigenvalue weighted by Crippen LogP contribution is 2.31. The van der Waals surface area contributed by atoms with Crippen LogP contribution in [0.5, 0.6) is 0 Å². The molecule has 5 heteroatoms. The van der Waals surface area contributed by atoms with Crippen molar-refractivity contribution in [3.05, 3.63) is 10.6 Å². The molecule has 0 bridgehead atoms. The summed E-state index contributed by atoms with van der Waals surface area (Å²) in [5, 5.41) is 0.726. The molecule has 18 heavy (non-hydrogen) atoms. The monoisotopic (exact) mass is 267 g/mol. The van der Waals surface area contributed by atoms with Crippen LogP contribution >= 0.6 is 11.3 Å². The lowest BCUT2D eigenvalue weighted by Gasteiger charge is -2.41. The number of hydrogen-bond donors (Lipinski definition) is 1. The summed E-state index contributed by atoms with van der Waals surface area (Å²) in [6.07, 6.45) is 4.09. The molecule has 1 aromatic heterocycles. The summed E-state index contributed by atoms with van der Waals surface area (Å²) in [5.41, 5.74) is 7.04. The molecule has 2 unspecified atom stereocenters. The minimum atomic E-state index is 0.349. The van der Waals surface area contributed by atoms with E-state index in [1.54, 1.807) is 11.3 Å². The number of fused-ring (bicyclic) bond motifs is 1. The van der Waals surface area contributed by atoms with Crippen molar-refractivity contribution in [1.29, 1.82) is 0 Å². The number of ether oxygens (including phenoxy) is 1. The summed E-state index contributed by atoms with van der Waals surface area (Å²) in [6, 6.07) is 0.645. The number of nitrogens with two attached hydrogens (primary N) is 1. The van der Waals surface area contributed by atoms with Gasteiger partial charge < -0.3 is 10.5 Å². The summed E-state index contributed by atoms with van der Waals surface area (Å²) >= 11 is 1.67. The Labute approximate surface area is 112 Å². The Morgan fingerprint density at radius 3 is 2.78 bits per heavy atom. The maximum absolute atomic E-state index is 5.81. The van der Waals surface area contributed by atoms with Crippen molar-refractivity contribution in [2.45, 2.75) is 51.4 Å². The molecule has 2 aliphatic rings. The van der Waals surface area contributed by atoms with Crippen molar-refractivity contribution in [2.24, 2.45) is 0 Å². The average molecular weight is 267 g/mol. The van der Waals surface area contributed by atoms with E-state index in [0.717, 1.165) is 31.1 Å². The van der Waals surface area contributed by atoms with Crippen molar-refractivity contribution >= 4 is 16.5 Å². The van der Waals surface area contributed by atoms with Gasteiger partial charge in [0.1, 0.15) is 0 Å². The number of anilines is 1. The molecule has 0 saturated carbocycles. The molecule has 100 valence electrons. The fraction of sp³-hybridized carbons (Fsp3) is 0.769. The molecule has 2 heterocycles.